The highest BCUT2D eigenvalue weighted by molar-refractivity contribution is 5.00. The van der Waals surface area contributed by atoms with Crippen LogP contribution < -0.4 is 5.32 Å². The second kappa shape index (κ2) is 5.46. The van der Waals surface area contributed by atoms with Gasteiger partial charge in [-0.3, -0.25) is 4.68 Å². The Balaban J connectivity index is 1.76. The number of alkyl halides is 1. The molecule has 0 atom stereocenters. The van der Waals surface area contributed by atoms with E-state index in [1.54, 1.807) is 17.1 Å². The SMILES string of the molecule is FCCn1ccc(CNCc2ccco2)n1. The van der Waals surface area contributed by atoms with Crippen molar-refractivity contribution < 1.29 is 8.81 Å². The molecule has 0 aliphatic heterocycles. The normalized spacial score (nSPS) is 10.8. The Morgan fingerprint density at radius 1 is 1.38 bits per heavy atom. The van der Waals surface area contributed by atoms with Crippen LogP contribution in [0.4, 0.5) is 4.39 Å². The molecular formula is C11H14FN3O. The predicted molar refractivity (Wildman–Crippen MR) is 57.5 cm³/mol. The molecule has 0 aliphatic carbocycles. The Bertz CT molecular complexity index is 411. The van der Waals surface area contributed by atoms with E-state index in [1.807, 2.05) is 18.2 Å². The fourth-order valence-corrected chi connectivity index (χ4v) is 1.44. The highest BCUT2D eigenvalue weighted by atomic mass is 19.1. The fraction of sp³-hybridized carbons (Fsp3) is 0.364. The number of halogens is 1. The molecule has 0 spiro atoms. The van der Waals surface area contributed by atoms with Crippen LogP contribution in [-0.2, 0) is 19.6 Å². The number of hydrogen-bond acceptors (Lipinski definition) is 3. The smallest absolute Gasteiger partial charge is 0.117 e. The summed E-state index contributed by atoms with van der Waals surface area (Å²) >= 11 is 0. The zero-order chi connectivity index (χ0) is 11.2. The van der Waals surface area contributed by atoms with Crippen molar-refractivity contribution in [1.82, 2.24) is 15.1 Å². The van der Waals surface area contributed by atoms with E-state index in [-0.39, 0.29) is 6.67 Å². The number of rotatable bonds is 6. The van der Waals surface area contributed by atoms with Gasteiger partial charge in [-0.25, -0.2) is 4.39 Å². The number of nitrogens with zero attached hydrogens (tertiary/aromatic N) is 2. The van der Waals surface area contributed by atoms with Gasteiger partial charge in [-0.05, 0) is 18.2 Å². The quantitative estimate of drug-likeness (QED) is 0.811. The number of hydrogen-bond donors (Lipinski definition) is 1. The van der Waals surface area contributed by atoms with Crippen LogP contribution in [0.25, 0.3) is 0 Å². The van der Waals surface area contributed by atoms with Gasteiger partial charge >= 0.3 is 0 Å². The molecule has 2 aromatic heterocycles. The van der Waals surface area contributed by atoms with Crippen molar-refractivity contribution in [3.05, 3.63) is 42.1 Å². The van der Waals surface area contributed by atoms with Crippen molar-refractivity contribution in [3.63, 3.8) is 0 Å². The first-order valence-electron chi connectivity index (χ1n) is 5.20. The zero-order valence-corrected chi connectivity index (χ0v) is 8.90. The Kier molecular flexibility index (Phi) is 3.71. The monoisotopic (exact) mass is 223 g/mol. The molecule has 0 saturated heterocycles. The molecule has 0 fully saturated rings. The molecule has 2 heterocycles. The van der Waals surface area contributed by atoms with E-state index in [9.17, 15) is 4.39 Å². The topological polar surface area (TPSA) is 43.0 Å². The molecule has 0 saturated carbocycles. The van der Waals surface area contributed by atoms with Gasteiger partial charge in [-0.1, -0.05) is 0 Å². The molecule has 5 heteroatoms. The van der Waals surface area contributed by atoms with Crippen LogP contribution in [-0.4, -0.2) is 16.5 Å². The third kappa shape index (κ3) is 2.93. The maximum Gasteiger partial charge on any atom is 0.117 e. The summed E-state index contributed by atoms with van der Waals surface area (Å²) in [6.45, 7) is 1.25. The van der Waals surface area contributed by atoms with E-state index in [0.29, 0.717) is 19.6 Å². The summed E-state index contributed by atoms with van der Waals surface area (Å²) in [5, 5.41) is 7.40. The largest absolute Gasteiger partial charge is 0.468 e. The first kappa shape index (κ1) is 10.9. The number of nitrogens with one attached hydrogen (secondary N) is 1. The van der Waals surface area contributed by atoms with Crippen molar-refractivity contribution in [2.24, 2.45) is 0 Å². The van der Waals surface area contributed by atoms with Crippen LogP contribution in [0.15, 0.2) is 35.1 Å². The van der Waals surface area contributed by atoms with Crippen molar-refractivity contribution in [3.8, 4) is 0 Å². The molecular weight excluding hydrogens is 209 g/mol. The Labute approximate surface area is 93.1 Å². The minimum atomic E-state index is -0.388. The fourth-order valence-electron chi connectivity index (χ4n) is 1.44. The van der Waals surface area contributed by atoms with E-state index in [1.165, 1.54) is 0 Å². The molecule has 0 amide bonds. The number of aryl methyl sites for hydroxylation is 1. The first-order valence-corrected chi connectivity index (χ1v) is 5.20. The molecule has 86 valence electrons. The maximum absolute atomic E-state index is 12.0. The molecule has 0 aromatic carbocycles. The lowest BCUT2D eigenvalue weighted by atomic mass is 10.4. The van der Waals surface area contributed by atoms with Gasteiger partial charge in [-0.15, -0.1) is 0 Å². The van der Waals surface area contributed by atoms with Gasteiger partial charge in [0.2, 0.25) is 0 Å². The summed E-state index contributed by atoms with van der Waals surface area (Å²) in [5.74, 6) is 0.892. The molecule has 0 bridgehead atoms. The second-order valence-electron chi connectivity index (χ2n) is 3.44. The average molecular weight is 223 g/mol. The van der Waals surface area contributed by atoms with Gasteiger partial charge in [0.05, 0.1) is 25.0 Å². The van der Waals surface area contributed by atoms with Crippen LogP contribution in [0.1, 0.15) is 11.5 Å². The maximum atomic E-state index is 12.0. The van der Waals surface area contributed by atoms with E-state index >= 15 is 0 Å². The van der Waals surface area contributed by atoms with Crippen LogP contribution in [0, 0.1) is 0 Å². The van der Waals surface area contributed by atoms with Crippen molar-refractivity contribution >= 4 is 0 Å². The summed E-state index contributed by atoms with van der Waals surface area (Å²) in [6, 6.07) is 5.65. The summed E-state index contributed by atoms with van der Waals surface area (Å²) in [5.41, 5.74) is 0.903. The minimum Gasteiger partial charge on any atom is -0.468 e. The Hall–Kier alpha value is -1.62. The highest BCUT2D eigenvalue weighted by Gasteiger charge is 1.99. The van der Waals surface area contributed by atoms with Crippen LogP contribution >= 0.6 is 0 Å². The molecule has 16 heavy (non-hydrogen) atoms. The first-order chi connectivity index (χ1) is 7.88. The number of furan rings is 1. The average Bonchev–Trinajstić information content (AvgIpc) is 2.90. The van der Waals surface area contributed by atoms with Crippen molar-refractivity contribution in [1.29, 1.82) is 0 Å². The lowest BCUT2D eigenvalue weighted by molar-refractivity contribution is 0.424. The van der Waals surface area contributed by atoms with E-state index < -0.39 is 0 Å². The minimum absolute atomic E-state index is 0.318. The molecule has 0 radical (unpaired) electrons. The van der Waals surface area contributed by atoms with E-state index in [2.05, 4.69) is 10.4 Å². The summed E-state index contributed by atoms with van der Waals surface area (Å²) in [4.78, 5) is 0. The van der Waals surface area contributed by atoms with Gasteiger partial charge in [0, 0.05) is 12.7 Å². The van der Waals surface area contributed by atoms with Gasteiger partial charge in [0.25, 0.3) is 0 Å². The highest BCUT2D eigenvalue weighted by Crippen LogP contribution is 2.00. The lowest BCUT2D eigenvalue weighted by Gasteiger charge is -1.99. The van der Waals surface area contributed by atoms with Gasteiger partial charge in [0.15, 0.2) is 0 Å². The predicted octanol–water partition coefficient (Wildman–Crippen LogP) is 1.74. The zero-order valence-electron chi connectivity index (χ0n) is 8.90. The lowest BCUT2D eigenvalue weighted by Crippen LogP contribution is -2.13. The van der Waals surface area contributed by atoms with Gasteiger partial charge in [0.1, 0.15) is 12.4 Å². The van der Waals surface area contributed by atoms with Gasteiger partial charge < -0.3 is 9.73 Å². The summed E-state index contributed by atoms with van der Waals surface area (Å²) in [6.07, 6.45) is 3.43. The molecule has 2 rings (SSSR count). The molecule has 1 N–H and O–H groups in total. The molecule has 0 unspecified atom stereocenters. The summed E-state index contributed by atoms with van der Waals surface area (Å²) < 4.78 is 18.8. The second-order valence-corrected chi connectivity index (χ2v) is 3.44. The van der Waals surface area contributed by atoms with Gasteiger partial charge in [-0.2, -0.15) is 5.10 Å². The van der Waals surface area contributed by atoms with E-state index in [4.69, 9.17) is 4.42 Å². The van der Waals surface area contributed by atoms with Crippen LogP contribution in [0.3, 0.4) is 0 Å². The number of aromatic nitrogens is 2. The van der Waals surface area contributed by atoms with Crippen LogP contribution in [0.5, 0.6) is 0 Å². The molecule has 4 nitrogen and oxygen atoms in total. The third-order valence-corrected chi connectivity index (χ3v) is 2.19. The third-order valence-electron chi connectivity index (χ3n) is 2.19. The van der Waals surface area contributed by atoms with Crippen molar-refractivity contribution in [2.45, 2.75) is 19.6 Å². The Morgan fingerprint density at radius 2 is 2.31 bits per heavy atom. The molecule has 0 aliphatic rings. The van der Waals surface area contributed by atoms with E-state index in [0.717, 1.165) is 11.5 Å². The molecule has 2 aromatic rings. The standard InChI is InChI=1S/C11H14FN3O/c12-4-6-15-5-3-10(14-15)8-13-9-11-2-1-7-16-11/h1-3,5,7,13H,4,6,8-9H2. The summed E-state index contributed by atoms with van der Waals surface area (Å²) in [7, 11) is 0. The van der Waals surface area contributed by atoms with Crippen LogP contribution in [0.2, 0.25) is 0 Å². The van der Waals surface area contributed by atoms with Crippen molar-refractivity contribution in [2.75, 3.05) is 6.67 Å². The Morgan fingerprint density at radius 3 is 3.06 bits per heavy atom.